The lowest BCUT2D eigenvalue weighted by Crippen LogP contribution is -2.30. The molecule has 0 saturated heterocycles. The number of anilines is 2. The Morgan fingerprint density at radius 1 is 1.10 bits per heavy atom. The molecule has 0 saturated carbocycles. The van der Waals surface area contributed by atoms with Gasteiger partial charge >= 0.3 is 0 Å². The van der Waals surface area contributed by atoms with E-state index in [1.54, 1.807) is 6.07 Å². The molecule has 0 radical (unpaired) electrons. The topological polar surface area (TPSA) is 67.1 Å². The Kier molecular flexibility index (Phi) is 5.66. The number of nitrogens with one attached hydrogen (secondary N) is 2. The summed E-state index contributed by atoms with van der Waals surface area (Å²) in [6.07, 6.45) is 0. The Bertz CT molecular complexity index is 589. The number of carbonyl (C=O) groups excluding carboxylic acids is 1. The maximum atomic E-state index is 12.2. The van der Waals surface area contributed by atoms with E-state index >= 15 is 0 Å². The van der Waals surface area contributed by atoms with Crippen molar-refractivity contribution in [3.8, 4) is 0 Å². The lowest BCUT2D eigenvalue weighted by Gasteiger charge is -2.12. The number of para-hydroxylation sites is 1. The second-order valence-electron chi connectivity index (χ2n) is 4.72. The van der Waals surface area contributed by atoms with E-state index in [9.17, 15) is 4.79 Å². The Balaban J connectivity index is 2.01. The van der Waals surface area contributed by atoms with Crippen LogP contribution in [0.2, 0.25) is 0 Å². The molecular weight excluding hydrogens is 282 g/mol. The summed E-state index contributed by atoms with van der Waals surface area (Å²) >= 11 is 4.14. The van der Waals surface area contributed by atoms with Crippen LogP contribution in [0.15, 0.2) is 54.6 Å². The first kappa shape index (κ1) is 15.4. The molecule has 0 bridgehead atoms. The number of amides is 1. The summed E-state index contributed by atoms with van der Waals surface area (Å²) in [6.45, 7) is 0.618. The number of carbonyl (C=O) groups is 1. The molecule has 1 amide bonds. The highest BCUT2D eigenvalue weighted by molar-refractivity contribution is 7.80. The van der Waals surface area contributed by atoms with Crippen LogP contribution < -0.4 is 16.4 Å². The SMILES string of the molecule is NC(CS)CNc1cccc(C(=O)Nc2ccccc2)c1. The van der Waals surface area contributed by atoms with Gasteiger partial charge < -0.3 is 16.4 Å². The molecule has 1 unspecified atom stereocenters. The average molecular weight is 301 g/mol. The van der Waals surface area contributed by atoms with Crippen LogP contribution in [0.25, 0.3) is 0 Å². The van der Waals surface area contributed by atoms with Crippen LogP contribution in [-0.4, -0.2) is 24.2 Å². The standard InChI is InChI=1S/C16H19N3OS/c17-13(11-21)10-18-15-8-4-5-12(9-15)16(20)19-14-6-2-1-3-7-14/h1-9,13,18,21H,10-11,17H2,(H,19,20). The van der Waals surface area contributed by atoms with Crippen LogP contribution in [0.1, 0.15) is 10.4 Å². The van der Waals surface area contributed by atoms with Crippen molar-refractivity contribution in [2.75, 3.05) is 22.9 Å². The van der Waals surface area contributed by atoms with Crippen molar-refractivity contribution in [2.45, 2.75) is 6.04 Å². The van der Waals surface area contributed by atoms with Crippen LogP contribution in [-0.2, 0) is 0 Å². The van der Waals surface area contributed by atoms with Gasteiger partial charge in [0.25, 0.3) is 5.91 Å². The number of thiol groups is 1. The summed E-state index contributed by atoms with van der Waals surface area (Å²) in [6, 6.07) is 16.7. The molecule has 2 rings (SSSR count). The largest absolute Gasteiger partial charge is 0.383 e. The summed E-state index contributed by atoms with van der Waals surface area (Å²) in [4.78, 5) is 12.2. The Morgan fingerprint density at radius 2 is 1.81 bits per heavy atom. The van der Waals surface area contributed by atoms with Gasteiger partial charge in [-0.25, -0.2) is 0 Å². The van der Waals surface area contributed by atoms with E-state index in [1.807, 2.05) is 48.5 Å². The third-order valence-corrected chi connectivity index (χ3v) is 3.43. The molecule has 4 N–H and O–H groups in total. The van der Waals surface area contributed by atoms with Crippen LogP contribution in [0.3, 0.4) is 0 Å². The predicted molar refractivity (Wildman–Crippen MR) is 91.2 cm³/mol. The van der Waals surface area contributed by atoms with Crippen molar-refractivity contribution in [3.63, 3.8) is 0 Å². The van der Waals surface area contributed by atoms with E-state index in [4.69, 9.17) is 5.73 Å². The number of rotatable bonds is 6. The molecule has 0 aromatic heterocycles. The van der Waals surface area contributed by atoms with E-state index in [1.165, 1.54) is 0 Å². The minimum absolute atomic E-state index is 0.0184. The van der Waals surface area contributed by atoms with Crippen molar-refractivity contribution < 1.29 is 4.79 Å². The molecule has 110 valence electrons. The van der Waals surface area contributed by atoms with Crippen molar-refractivity contribution in [3.05, 3.63) is 60.2 Å². The molecule has 0 aliphatic heterocycles. The normalized spacial score (nSPS) is 11.7. The van der Waals surface area contributed by atoms with Gasteiger partial charge in [-0.2, -0.15) is 12.6 Å². The molecule has 0 aliphatic carbocycles. The van der Waals surface area contributed by atoms with Gasteiger partial charge in [-0.1, -0.05) is 24.3 Å². The van der Waals surface area contributed by atoms with Gasteiger partial charge in [-0.05, 0) is 30.3 Å². The van der Waals surface area contributed by atoms with E-state index in [2.05, 4.69) is 23.3 Å². The molecule has 5 heteroatoms. The van der Waals surface area contributed by atoms with Gasteiger partial charge in [0.05, 0.1) is 0 Å². The van der Waals surface area contributed by atoms with Crippen LogP contribution >= 0.6 is 12.6 Å². The lowest BCUT2D eigenvalue weighted by molar-refractivity contribution is 0.102. The maximum absolute atomic E-state index is 12.2. The molecular formula is C16H19N3OS. The van der Waals surface area contributed by atoms with Gasteiger partial charge in [-0.15, -0.1) is 0 Å². The molecule has 2 aromatic rings. The minimum Gasteiger partial charge on any atom is -0.383 e. The van der Waals surface area contributed by atoms with Gasteiger partial charge in [0.1, 0.15) is 0 Å². The third kappa shape index (κ3) is 4.81. The lowest BCUT2D eigenvalue weighted by atomic mass is 10.1. The molecule has 0 aliphatic rings. The fraction of sp³-hybridized carbons (Fsp3) is 0.188. The first-order valence-electron chi connectivity index (χ1n) is 6.76. The third-order valence-electron chi connectivity index (χ3n) is 2.96. The van der Waals surface area contributed by atoms with Gasteiger partial charge in [0, 0.05) is 35.3 Å². The van der Waals surface area contributed by atoms with Crippen molar-refractivity contribution >= 4 is 29.9 Å². The zero-order valence-electron chi connectivity index (χ0n) is 11.6. The molecule has 0 heterocycles. The average Bonchev–Trinajstić information content (AvgIpc) is 2.53. The first-order chi connectivity index (χ1) is 10.2. The quantitative estimate of drug-likeness (QED) is 0.620. The summed E-state index contributed by atoms with van der Waals surface area (Å²) < 4.78 is 0. The van der Waals surface area contributed by atoms with E-state index < -0.39 is 0 Å². The highest BCUT2D eigenvalue weighted by Crippen LogP contribution is 2.13. The van der Waals surface area contributed by atoms with E-state index in [-0.39, 0.29) is 11.9 Å². The number of nitrogens with two attached hydrogens (primary N) is 1. The number of hydrogen-bond acceptors (Lipinski definition) is 4. The minimum atomic E-state index is -0.136. The zero-order chi connectivity index (χ0) is 15.1. The van der Waals surface area contributed by atoms with Gasteiger partial charge in [-0.3, -0.25) is 4.79 Å². The fourth-order valence-electron chi connectivity index (χ4n) is 1.81. The van der Waals surface area contributed by atoms with Crippen LogP contribution in [0, 0.1) is 0 Å². The Labute approximate surface area is 130 Å². The summed E-state index contributed by atoms with van der Waals surface area (Å²) in [7, 11) is 0. The predicted octanol–water partition coefficient (Wildman–Crippen LogP) is 2.61. The molecule has 21 heavy (non-hydrogen) atoms. The Hall–Kier alpha value is -1.98. The van der Waals surface area contributed by atoms with Crippen molar-refractivity contribution in [1.29, 1.82) is 0 Å². The molecule has 2 aromatic carbocycles. The van der Waals surface area contributed by atoms with E-state index in [0.717, 1.165) is 11.4 Å². The summed E-state index contributed by atoms with van der Waals surface area (Å²) in [5.74, 6) is 0.476. The second-order valence-corrected chi connectivity index (χ2v) is 5.09. The zero-order valence-corrected chi connectivity index (χ0v) is 12.5. The van der Waals surface area contributed by atoms with Crippen molar-refractivity contribution in [2.24, 2.45) is 5.73 Å². The van der Waals surface area contributed by atoms with E-state index in [0.29, 0.717) is 17.9 Å². The molecule has 4 nitrogen and oxygen atoms in total. The van der Waals surface area contributed by atoms with Gasteiger partial charge in [0.2, 0.25) is 0 Å². The van der Waals surface area contributed by atoms with Crippen LogP contribution in [0.4, 0.5) is 11.4 Å². The summed E-state index contributed by atoms with van der Waals surface area (Å²) in [5.41, 5.74) is 8.05. The summed E-state index contributed by atoms with van der Waals surface area (Å²) in [5, 5.41) is 6.06. The molecule has 0 spiro atoms. The fourth-order valence-corrected chi connectivity index (χ4v) is 1.94. The number of hydrogen-bond donors (Lipinski definition) is 4. The highest BCUT2D eigenvalue weighted by atomic mass is 32.1. The van der Waals surface area contributed by atoms with Crippen molar-refractivity contribution in [1.82, 2.24) is 0 Å². The highest BCUT2D eigenvalue weighted by Gasteiger charge is 2.07. The van der Waals surface area contributed by atoms with Crippen LogP contribution in [0.5, 0.6) is 0 Å². The van der Waals surface area contributed by atoms with Gasteiger partial charge in [0.15, 0.2) is 0 Å². The molecule has 0 fully saturated rings. The second kappa shape index (κ2) is 7.71. The first-order valence-corrected chi connectivity index (χ1v) is 7.39. The smallest absolute Gasteiger partial charge is 0.255 e. The Morgan fingerprint density at radius 3 is 2.52 bits per heavy atom. The number of benzene rings is 2. The maximum Gasteiger partial charge on any atom is 0.255 e. The molecule has 1 atom stereocenters. The monoisotopic (exact) mass is 301 g/mol.